The number of hydrogen-bond acceptors (Lipinski definition) is 6. The van der Waals surface area contributed by atoms with Crippen LogP contribution in [0.15, 0.2) is 51.4 Å². The number of rotatable bonds is 8. The number of guanidine groups is 1. The molecule has 3 rings (SSSR count). The van der Waals surface area contributed by atoms with Crippen LogP contribution >= 0.6 is 35.3 Å². The molecule has 1 aromatic carbocycles. The number of hydrogen-bond donors (Lipinski definition) is 2. The first-order valence-electron chi connectivity index (χ1n) is 8.94. The van der Waals surface area contributed by atoms with Crippen molar-refractivity contribution in [3.05, 3.63) is 53.2 Å². The number of aromatic nitrogens is 1. The Kier molecular flexibility index (Phi) is 9.26. The summed E-state index contributed by atoms with van der Waals surface area (Å²) in [6.07, 6.45) is 1.67. The van der Waals surface area contributed by atoms with E-state index in [2.05, 4.69) is 20.6 Å². The third-order valence-corrected chi connectivity index (χ3v) is 4.79. The van der Waals surface area contributed by atoms with E-state index in [0.717, 1.165) is 22.7 Å². The lowest BCUT2D eigenvalue weighted by molar-refractivity contribution is 0.354. The van der Waals surface area contributed by atoms with E-state index in [1.807, 2.05) is 42.6 Å². The van der Waals surface area contributed by atoms with Crippen LogP contribution in [0.25, 0.3) is 10.8 Å². The van der Waals surface area contributed by atoms with E-state index in [1.165, 1.54) is 0 Å². The standard InChI is InChI=1S/C20H24N4O3S.HI/c1-4-21-20(22-11-14-7-8-16(25-2)17(10-14)26-3)23-12-15-13-27-19(24-15)18-6-5-9-28-18;/h5-10,13H,4,11-12H2,1-3H3,(H2,21,22,23);1H. The molecule has 0 saturated heterocycles. The van der Waals surface area contributed by atoms with Gasteiger partial charge in [-0.2, -0.15) is 0 Å². The maximum Gasteiger partial charge on any atom is 0.236 e. The average molecular weight is 528 g/mol. The Balaban J connectivity index is 0.00000300. The lowest BCUT2D eigenvalue weighted by Gasteiger charge is -2.11. The number of oxazole rings is 1. The number of aliphatic imine (C=N–C) groups is 1. The van der Waals surface area contributed by atoms with Gasteiger partial charge in [-0.05, 0) is 36.1 Å². The molecule has 0 fully saturated rings. The quantitative estimate of drug-likeness (QED) is 0.258. The van der Waals surface area contributed by atoms with Crippen molar-refractivity contribution in [3.63, 3.8) is 0 Å². The highest BCUT2D eigenvalue weighted by atomic mass is 127. The lowest BCUT2D eigenvalue weighted by Crippen LogP contribution is -2.36. The summed E-state index contributed by atoms with van der Waals surface area (Å²) in [5.41, 5.74) is 1.84. The Morgan fingerprint density at radius 1 is 1.17 bits per heavy atom. The van der Waals surface area contributed by atoms with Gasteiger partial charge in [0, 0.05) is 6.54 Å². The number of ether oxygens (including phenoxy) is 2. The van der Waals surface area contributed by atoms with Gasteiger partial charge in [0.05, 0.1) is 37.9 Å². The van der Waals surface area contributed by atoms with Crippen molar-refractivity contribution in [1.82, 2.24) is 15.6 Å². The van der Waals surface area contributed by atoms with Crippen molar-refractivity contribution in [2.75, 3.05) is 20.8 Å². The van der Waals surface area contributed by atoms with Crippen LogP contribution in [0, 0.1) is 0 Å². The second-order valence-electron chi connectivity index (χ2n) is 5.86. The van der Waals surface area contributed by atoms with Crippen LogP contribution in [0.1, 0.15) is 18.2 Å². The maximum absolute atomic E-state index is 5.55. The number of benzene rings is 1. The van der Waals surface area contributed by atoms with Gasteiger partial charge in [0.2, 0.25) is 5.89 Å². The van der Waals surface area contributed by atoms with Crippen LogP contribution in [0.2, 0.25) is 0 Å². The third-order valence-electron chi connectivity index (χ3n) is 3.93. The highest BCUT2D eigenvalue weighted by Gasteiger charge is 2.08. The summed E-state index contributed by atoms with van der Waals surface area (Å²) < 4.78 is 16.2. The van der Waals surface area contributed by atoms with E-state index in [9.17, 15) is 0 Å². The predicted molar refractivity (Wildman–Crippen MR) is 126 cm³/mol. The normalized spacial score (nSPS) is 10.9. The van der Waals surface area contributed by atoms with Gasteiger partial charge >= 0.3 is 0 Å². The van der Waals surface area contributed by atoms with Crippen LogP contribution in [0.4, 0.5) is 0 Å². The third kappa shape index (κ3) is 6.36. The van der Waals surface area contributed by atoms with Gasteiger partial charge in [-0.1, -0.05) is 12.1 Å². The van der Waals surface area contributed by atoms with Crippen LogP contribution in [-0.2, 0) is 13.1 Å². The van der Waals surface area contributed by atoms with Gasteiger partial charge in [0.15, 0.2) is 17.5 Å². The molecule has 0 bridgehead atoms. The van der Waals surface area contributed by atoms with Crippen molar-refractivity contribution in [2.24, 2.45) is 4.99 Å². The minimum Gasteiger partial charge on any atom is -0.493 e. The summed E-state index contributed by atoms with van der Waals surface area (Å²) in [6.45, 7) is 3.82. The molecule has 0 spiro atoms. The van der Waals surface area contributed by atoms with E-state index in [0.29, 0.717) is 36.4 Å². The second-order valence-corrected chi connectivity index (χ2v) is 6.81. The largest absolute Gasteiger partial charge is 0.493 e. The molecular formula is C20H25IN4O3S. The topological polar surface area (TPSA) is 80.9 Å². The van der Waals surface area contributed by atoms with Gasteiger partial charge in [-0.25, -0.2) is 9.98 Å². The molecule has 2 N–H and O–H groups in total. The van der Waals surface area contributed by atoms with E-state index in [4.69, 9.17) is 13.9 Å². The van der Waals surface area contributed by atoms with Crippen LogP contribution in [0.3, 0.4) is 0 Å². The smallest absolute Gasteiger partial charge is 0.236 e. The Hall–Kier alpha value is -2.27. The fourth-order valence-electron chi connectivity index (χ4n) is 2.57. The van der Waals surface area contributed by atoms with Crippen LogP contribution < -0.4 is 20.1 Å². The molecule has 0 aliphatic heterocycles. The van der Waals surface area contributed by atoms with Gasteiger partial charge in [0.1, 0.15) is 6.26 Å². The minimum absolute atomic E-state index is 0. The van der Waals surface area contributed by atoms with Gasteiger partial charge in [0.25, 0.3) is 0 Å². The van der Waals surface area contributed by atoms with Gasteiger partial charge < -0.3 is 24.5 Å². The molecule has 0 unspecified atom stereocenters. The SMILES string of the molecule is CCNC(=NCc1ccc(OC)c(OC)c1)NCc1coc(-c2cccs2)n1.I. The molecule has 29 heavy (non-hydrogen) atoms. The first-order chi connectivity index (χ1) is 13.7. The Morgan fingerprint density at radius 2 is 2.00 bits per heavy atom. The molecular weight excluding hydrogens is 503 g/mol. The minimum atomic E-state index is 0. The zero-order valence-electron chi connectivity index (χ0n) is 16.6. The van der Waals surface area contributed by atoms with Crippen molar-refractivity contribution < 1.29 is 13.9 Å². The van der Waals surface area contributed by atoms with E-state index in [-0.39, 0.29) is 24.0 Å². The number of thiophene rings is 1. The van der Waals surface area contributed by atoms with E-state index in [1.54, 1.807) is 31.8 Å². The molecule has 0 amide bonds. The summed E-state index contributed by atoms with van der Waals surface area (Å²) in [7, 11) is 3.25. The summed E-state index contributed by atoms with van der Waals surface area (Å²) >= 11 is 1.60. The zero-order chi connectivity index (χ0) is 19.8. The zero-order valence-corrected chi connectivity index (χ0v) is 19.7. The van der Waals surface area contributed by atoms with E-state index < -0.39 is 0 Å². The molecule has 0 radical (unpaired) electrons. The summed E-state index contributed by atoms with van der Waals surface area (Å²) in [5.74, 6) is 2.74. The summed E-state index contributed by atoms with van der Waals surface area (Å²) in [6, 6.07) is 9.75. The highest BCUT2D eigenvalue weighted by molar-refractivity contribution is 14.0. The number of halogens is 1. The molecule has 2 heterocycles. The number of nitrogens with one attached hydrogen (secondary N) is 2. The van der Waals surface area contributed by atoms with Gasteiger partial charge in [-0.15, -0.1) is 35.3 Å². The molecule has 2 aromatic heterocycles. The monoisotopic (exact) mass is 528 g/mol. The number of nitrogens with zero attached hydrogens (tertiary/aromatic N) is 2. The van der Waals surface area contributed by atoms with Crippen LogP contribution in [0.5, 0.6) is 11.5 Å². The molecule has 0 saturated carbocycles. The molecule has 7 nitrogen and oxygen atoms in total. The second kappa shape index (κ2) is 11.7. The summed E-state index contributed by atoms with van der Waals surface area (Å²) in [4.78, 5) is 10.2. The maximum atomic E-state index is 5.55. The van der Waals surface area contributed by atoms with Crippen molar-refractivity contribution in [3.8, 4) is 22.3 Å². The van der Waals surface area contributed by atoms with E-state index >= 15 is 0 Å². The first-order valence-corrected chi connectivity index (χ1v) is 9.82. The Bertz CT molecular complexity index is 912. The average Bonchev–Trinajstić information content (AvgIpc) is 3.41. The molecule has 0 aliphatic carbocycles. The van der Waals surface area contributed by atoms with Crippen molar-refractivity contribution in [1.29, 1.82) is 0 Å². The highest BCUT2D eigenvalue weighted by Crippen LogP contribution is 2.27. The molecule has 0 aliphatic rings. The molecule has 3 aromatic rings. The fraction of sp³-hybridized carbons (Fsp3) is 0.300. The van der Waals surface area contributed by atoms with Gasteiger partial charge in [-0.3, -0.25) is 0 Å². The van der Waals surface area contributed by atoms with Crippen molar-refractivity contribution in [2.45, 2.75) is 20.0 Å². The fourth-order valence-corrected chi connectivity index (χ4v) is 3.22. The summed E-state index contributed by atoms with van der Waals surface area (Å²) in [5, 5.41) is 8.52. The predicted octanol–water partition coefficient (Wildman–Crippen LogP) is 4.29. The van der Waals surface area contributed by atoms with Crippen molar-refractivity contribution >= 4 is 41.3 Å². The number of methoxy groups -OCH3 is 2. The first kappa shape index (κ1) is 23.0. The Labute approximate surface area is 191 Å². The molecule has 9 heteroatoms. The lowest BCUT2D eigenvalue weighted by atomic mass is 10.2. The molecule has 0 atom stereocenters. The molecule has 156 valence electrons. The Morgan fingerprint density at radius 3 is 2.69 bits per heavy atom. The van der Waals surface area contributed by atoms with Crippen LogP contribution in [-0.4, -0.2) is 31.7 Å².